The Kier molecular flexibility index (Phi) is 12.8. The molecule has 15 nitrogen and oxygen atoms in total. The molecular formula is C45H53F4N5O10S. The number of carbonyl (C=O) groups is 4. The molecule has 0 unspecified atom stereocenters. The number of rotatable bonds is 10. The zero-order valence-corrected chi connectivity index (χ0v) is 37.6. The fourth-order valence-corrected chi connectivity index (χ4v) is 10.4. The maximum absolute atomic E-state index is 15.2. The Morgan fingerprint density at radius 1 is 1.02 bits per heavy atom. The van der Waals surface area contributed by atoms with Gasteiger partial charge in [-0.05, 0) is 112 Å². The van der Waals surface area contributed by atoms with E-state index in [-0.39, 0.29) is 47.4 Å². The van der Waals surface area contributed by atoms with Gasteiger partial charge in [0.15, 0.2) is 11.6 Å². The average molecular weight is 932 g/mol. The van der Waals surface area contributed by atoms with Gasteiger partial charge in [0.05, 0.1) is 31.7 Å². The molecule has 0 spiro atoms. The molecule has 352 valence electrons. The number of ether oxygens (including phenoxy) is 3. The molecule has 2 aromatic carbocycles. The van der Waals surface area contributed by atoms with Gasteiger partial charge in [-0.25, -0.2) is 22.6 Å². The molecule has 65 heavy (non-hydrogen) atoms. The molecule has 3 heterocycles. The van der Waals surface area contributed by atoms with Gasteiger partial charge in [0.25, 0.3) is 5.91 Å². The van der Waals surface area contributed by atoms with Crippen LogP contribution in [-0.2, 0) is 24.4 Å². The van der Waals surface area contributed by atoms with Gasteiger partial charge in [-0.2, -0.15) is 13.2 Å². The standard InChI is InChI=1S/C45H53F4N5O10S/c1-24-9-7-8-10-28-22-44(28,41(57)52-65(60,61)31-13-14-31)51-38(55)35-21-30(23-53(35)40(56)37(25(2)17-24)54(42(58)59)43(3,4)45(47,48)49)64-39-32-15-12-29(62-5)18-27(32)20-34(50-39)26-11-16-36(63-6)33(46)19-26/h8,10-12,15-16,18-20,24-25,28,30-31,35,37H,7,9,13-14,17,21-23H2,1-6H3,(H,51,55)(H,52,57)(H,58,59)/b10-8-/t24-,25+,28+,30+,35-,37-,44+/m0/s1. The molecule has 1 saturated heterocycles. The second kappa shape index (κ2) is 17.6. The molecule has 20 heteroatoms. The number of allylic oxidation sites excluding steroid dienone is 1. The Morgan fingerprint density at radius 3 is 2.37 bits per heavy atom. The van der Waals surface area contributed by atoms with E-state index in [4.69, 9.17) is 19.2 Å². The van der Waals surface area contributed by atoms with E-state index >= 15 is 4.79 Å². The Hall–Kier alpha value is -5.66. The number of alkyl halides is 3. The first-order chi connectivity index (χ1) is 30.5. The van der Waals surface area contributed by atoms with E-state index in [9.17, 15) is 45.5 Å². The van der Waals surface area contributed by atoms with E-state index < -0.39 is 98.7 Å². The lowest BCUT2D eigenvalue weighted by Gasteiger charge is -2.45. The quantitative estimate of drug-likeness (QED) is 0.147. The highest BCUT2D eigenvalue weighted by Crippen LogP contribution is 2.47. The molecular weight excluding hydrogens is 879 g/mol. The molecule has 1 aromatic heterocycles. The minimum absolute atomic E-state index is 0.00983. The number of amides is 4. The van der Waals surface area contributed by atoms with Crippen molar-refractivity contribution < 1.29 is 64.5 Å². The molecule has 2 aliphatic carbocycles. The van der Waals surface area contributed by atoms with Crippen molar-refractivity contribution in [3.63, 3.8) is 0 Å². The van der Waals surface area contributed by atoms with Gasteiger partial charge in [-0.3, -0.25) is 24.0 Å². The lowest BCUT2D eigenvalue weighted by Crippen LogP contribution is -2.66. The number of aromatic nitrogens is 1. The summed E-state index contributed by atoms with van der Waals surface area (Å²) in [4.78, 5) is 62.7. The van der Waals surface area contributed by atoms with Crippen molar-refractivity contribution in [3.8, 4) is 28.6 Å². The number of nitrogens with zero attached hydrogens (tertiary/aromatic N) is 3. The number of nitrogens with one attached hydrogen (secondary N) is 2. The van der Waals surface area contributed by atoms with Crippen LogP contribution in [0.5, 0.6) is 17.4 Å². The van der Waals surface area contributed by atoms with E-state index in [0.717, 1.165) is 4.90 Å². The second-order valence-electron chi connectivity index (χ2n) is 18.2. The lowest BCUT2D eigenvalue weighted by molar-refractivity contribution is -0.222. The van der Waals surface area contributed by atoms with Crippen LogP contribution in [0, 0.1) is 23.6 Å². The molecule has 0 bridgehead atoms. The topological polar surface area (TPSA) is 194 Å². The van der Waals surface area contributed by atoms with Crippen molar-refractivity contribution in [2.24, 2.45) is 17.8 Å². The Labute approximate surface area is 373 Å². The zero-order chi connectivity index (χ0) is 47.4. The molecule has 3 fully saturated rings. The SMILES string of the molecule is COc1ccc2c(O[C@@H]3C[C@H]4C(=O)N[C@]5(C(=O)NS(=O)(=O)C6CC6)C[C@H]5/C=C\CC[C@H](C)C[C@@H](C)[C@H](N(C(=O)O)C(C)(C)C(F)(F)F)C(=O)N4C3)nc(-c3ccc(OC)c(F)c3)cc2c1. The van der Waals surface area contributed by atoms with Gasteiger partial charge in [-0.1, -0.05) is 26.0 Å². The fraction of sp³-hybridized carbons (Fsp3) is 0.533. The van der Waals surface area contributed by atoms with Crippen molar-refractivity contribution in [1.29, 1.82) is 0 Å². The van der Waals surface area contributed by atoms with Gasteiger partial charge in [0.2, 0.25) is 27.7 Å². The number of carboxylic acid groups (broad SMARTS) is 1. The van der Waals surface area contributed by atoms with Crippen LogP contribution in [0.2, 0.25) is 0 Å². The average Bonchev–Trinajstić information content (AvgIpc) is 4.16. The van der Waals surface area contributed by atoms with Gasteiger partial charge in [0, 0.05) is 23.3 Å². The minimum atomic E-state index is -5.14. The summed E-state index contributed by atoms with van der Waals surface area (Å²) in [6.45, 7) is 4.22. The van der Waals surface area contributed by atoms with Crippen LogP contribution in [0.3, 0.4) is 0 Å². The van der Waals surface area contributed by atoms with Crippen molar-refractivity contribution in [2.75, 3.05) is 20.8 Å². The van der Waals surface area contributed by atoms with E-state index in [2.05, 4.69) is 10.0 Å². The third-order valence-electron chi connectivity index (χ3n) is 13.1. The molecule has 2 saturated carbocycles. The Bertz CT molecular complexity index is 2520. The summed E-state index contributed by atoms with van der Waals surface area (Å²) in [6, 6.07) is 7.35. The van der Waals surface area contributed by atoms with Gasteiger partial charge >= 0.3 is 12.3 Å². The monoisotopic (exact) mass is 931 g/mol. The van der Waals surface area contributed by atoms with E-state index in [1.807, 2.05) is 6.92 Å². The minimum Gasteiger partial charge on any atom is -0.497 e. The van der Waals surface area contributed by atoms with Crippen molar-refractivity contribution in [2.45, 2.75) is 113 Å². The maximum Gasteiger partial charge on any atom is 0.411 e. The smallest absolute Gasteiger partial charge is 0.411 e. The Balaban J connectivity index is 1.32. The molecule has 3 aromatic rings. The molecule has 0 radical (unpaired) electrons. The number of carbonyl (C=O) groups excluding carboxylic acids is 3. The predicted molar refractivity (Wildman–Crippen MR) is 229 cm³/mol. The highest BCUT2D eigenvalue weighted by atomic mass is 32.2. The van der Waals surface area contributed by atoms with Gasteiger partial charge in [-0.15, -0.1) is 0 Å². The number of benzene rings is 2. The largest absolute Gasteiger partial charge is 0.497 e. The van der Waals surface area contributed by atoms with Crippen LogP contribution in [0.25, 0.3) is 22.0 Å². The second-order valence-corrected chi connectivity index (χ2v) is 20.1. The van der Waals surface area contributed by atoms with Crippen LogP contribution in [0.4, 0.5) is 22.4 Å². The first-order valence-electron chi connectivity index (χ1n) is 21.4. The summed E-state index contributed by atoms with van der Waals surface area (Å²) in [7, 11) is -1.28. The van der Waals surface area contributed by atoms with Crippen LogP contribution in [0.1, 0.15) is 72.6 Å². The summed E-state index contributed by atoms with van der Waals surface area (Å²) in [6.07, 6.45) is -3.30. The summed E-state index contributed by atoms with van der Waals surface area (Å²) in [5.41, 5.74) is -4.26. The van der Waals surface area contributed by atoms with Crippen LogP contribution < -0.4 is 24.2 Å². The van der Waals surface area contributed by atoms with E-state index in [1.165, 1.54) is 33.3 Å². The molecule has 2 aliphatic heterocycles. The van der Waals surface area contributed by atoms with Crippen molar-refractivity contribution in [1.82, 2.24) is 24.8 Å². The van der Waals surface area contributed by atoms with Gasteiger partial charge in [0.1, 0.15) is 35.0 Å². The van der Waals surface area contributed by atoms with Crippen LogP contribution in [-0.4, -0.2) is 114 Å². The van der Waals surface area contributed by atoms with Crippen molar-refractivity contribution >= 4 is 44.6 Å². The lowest BCUT2D eigenvalue weighted by atomic mass is 9.85. The van der Waals surface area contributed by atoms with Crippen LogP contribution in [0.15, 0.2) is 54.6 Å². The van der Waals surface area contributed by atoms with E-state index in [0.29, 0.717) is 61.6 Å². The van der Waals surface area contributed by atoms with Crippen LogP contribution >= 0.6 is 0 Å². The summed E-state index contributed by atoms with van der Waals surface area (Å²) >= 11 is 0. The summed E-state index contributed by atoms with van der Waals surface area (Å²) in [5, 5.41) is 13.5. The number of fused-ring (bicyclic) bond motifs is 3. The molecule has 4 amide bonds. The summed E-state index contributed by atoms with van der Waals surface area (Å²) in [5.74, 6) is -5.12. The third-order valence-corrected chi connectivity index (χ3v) is 14.9. The first kappa shape index (κ1) is 47.3. The summed E-state index contributed by atoms with van der Waals surface area (Å²) < 4.78 is 105. The zero-order valence-electron chi connectivity index (χ0n) is 36.8. The molecule has 3 N–H and O–H groups in total. The number of hydrogen-bond acceptors (Lipinski definition) is 10. The highest BCUT2D eigenvalue weighted by molar-refractivity contribution is 7.91. The number of pyridine rings is 1. The van der Waals surface area contributed by atoms with E-state index in [1.54, 1.807) is 42.5 Å². The number of methoxy groups -OCH3 is 2. The Morgan fingerprint density at radius 2 is 1.74 bits per heavy atom. The first-order valence-corrected chi connectivity index (χ1v) is 23.0. The maximum atomic E-state index is 15.2. The van der Waals surface area contributed by atoms with Gasteiger partial charge < -0.3 is 29.5 Å². The highest BCUT2D eigenvalue weighted by Gasteiger charge is 2.63. The molecule has 7 atom stereocenters. The third kappa shape index (κ3) is 9.40. The molecule has 4 aliphatic rings. The number of halogens is 4. The normalized spacial score (nSPS) is 27.0. The fourth-order valence-electron chi connectivity index (χ4n) is 9.04. The number of sulfonamides is 1. The molecule has 7 rings (SSSR count). The predicted octanol–water partition coefficient (Wildman–Crippen LogP) is 6.59. The van der Waals surface area contributed by atoms with Crippen molar-refractivity contribution in [3.05, 3.63) is 60.4 Å². The number of hydrogen-bond donors (Lipinski definition) is 3.